The summed E-state index contributed by atoms with van der Waals surface area (Å²) in [6.07, 6.45) is 12.8. The highest BCUT2D eigenvalue weighted by atomic mass is 16.5. The summed E-state index contributed by atoms with van der Waals surface area (Å²) >= 11 is 0. The van der Waals surface area contributed by atoms with Crippen molar-refractivity contribution < 1.29 is 14.6 Å². The van der Waals surface area contributed by atoms with Gasteiger partial charge in [0.25, 0.3) is 0 Å². The van der Waals surface area contributed by atoms with Crippen LogP contribution in [0.1, 0.15) is 110 Å². The lowest BCUT2D eigenvalue weighted by Crippen LogP contribution is -2.65. The number of ether oxygens (including phenoxy) is 1. The minimum atomic E-state index is -0.182. The first-order valence-electron chi connectivity index (χ1n) is 16.1. The van der Waals surface area contributed by atoms with Crippen LogP contribution in [0.5, 0.6) is 0 Å². The maximum Gasteiger partial charge on any atom is 0.338 e. The molecule has 5 aliphatic rings. The van der Waals surface area contributed by atoms with E-state index in [-0.39, 0.29) is 33.0 Å². The van der Waals surface area contributed by atoms with E-state index in [1.807, 2.05) is 30.3 Å². The van der Waals surface area contributed by atoms with Crippen molar-refractivity contribution in [2.24, 2.45) is 56.7 Å². The Bertz CT molecular complexity index is 1210. The van der Waals surface area contributed by atoms with Crippen LogP contribution in [0.15, 0.2) is 54.3 Å². The number of aliphatic hydroxyl groups excluding tert-OH is 1. The highest BCUT2D eigenvalue weighted by molar-refractivity contribution is 5.89. The molecule has 1 aromatic carbocycles. The average molecular weight is 545 g/mol. The van der Waals surface area contributed by atoms with E-state index in [1.165, 1.54) is 44.1 Å². The fourth-order valence-corrected chi connectivity index (χ4v) is 12.0. The van der Waals surface area contributed by atoms with Crippen LogP contribution in [0.2, 0.25) is 0 Å². The van der Waals surface area contributed by atoms with Gasteiger partial charge < -0.3 is 9.84 Å². The average Bonchev–Trinajstić information content (AvgIpc) is 3.31. The largest absolute Gasteiger partial charge is 0.512 e. The van der Waals surface area contributed by atoms with Gasteiger partial charge in [-0.1, -0.05) is 65.0 Å². The summed E-state index contributed by atoms with van der Waals surface area (Å²) < 4.78 is 6.17. The van der Waals surface area contributed by atoms with Gasteiger partial charge >= 0.3 is 5.97 Å². The van der Waals surface area contributed by atoms with E-state index in [2.05, 4.69) is 54.2 Å². The fourth-order valence-electron chi connectivity index (χ4n) is 12.0. The Morgan fingerprint density at radius 1 is 0.925 bits per heavy atom. The monoisotopic (exact) mass is 544 g/mol. The molecule has 0 amide bonds. The van der Waals surface area contributed by atoms with Crippen LogP contribution in [0, 0.1) is 56.7 Å². The summed E-state index contributed by atoms with van der Waals surface area (Å²) in [5.74, 6) is 3.29. The Morgan fingerprint density at radius 3 is 2.35 bits per heavy atom. The molecule has 3 nitrogen and oxygen atoms in total. The van der Waals surface area contributed by atoms with E-state index in [9.17, 15) is 9.90 Å². The molecule has 3 heteroatoms. The first-order chi connectivity index (χ1) is 18.8. The smallest absolute Gasteiger partial charge is 0.338 e. The molecular weight excluding hydrogens is 492 g/mol. The van der Waals surface area contributed by atoms with Crippen molar-refractivity contribution in [3.8, 4) is 0 Å². The third kappa shape index (κ3) is 3.70. The van der Waals surface area contributed by atoms with Crippen molar-refractivity contribution in [3.05, 3.63) is 59.9 Å². The molecule has 1 aromatic rings. The van der Waals surface area contributed by atoms with Gasteiger partial charge in [0, 0.05) is 10.8 Å². The predicted molar refractivity (Wildman–Crippen MR) is 162 cm³/mol. The molecule has 5 aliphatic carbocycles. The van der Waals surface area contributed by atoms with E-state index >= 15 is 0 Å². The Balaban J connectivity index is 1.33. The van der Waals surface area contributed by atoms with Gasteiger partial charge in [-0.05, 0) is 129 Å². The minimum Gasteiger partial charge on any atom is -0.512 e. The van der Waals surface area contributed by atoms with Gasteiger partial charge in [0.1, 0.15) is 0 Å². The molecule has 0 spiro atoms. The van der Waals surface area contributed by atoms with Crippen molar-refractivity contribution in [2.75, 3.05) is 6.61 Å². The van der Waals surface area contributed by atoms with Gasteiger partial charge in [0.15, 0.2) is 0 Å². The number of fused-ring (bicyclic) bond motifs is 7. The second-order valence-corrected chi connectivity index (χ2v) is 16.0. The number of aliphatic hydroxyl groups is 1. The summed E-state index contributed by atoms with van der Waals surface area (Å²) in [4.78, 5) is 13.1. The highest BCUT2D eigenvalue weighted by Crippen LogP contribution is 2.77. The van der Waals surface area contributed by atoms with Gasteiger partial charge in [-0.3, -0.25) is 0 Å². The SMILES string of the molecule is C=C(C)[C@@H]1CC[C@]2(COC(=O)c3ccccc3)CC[C@]3(C)[C@H](CC[C@@H]4[C@@]5(C)CC=C(O)C(C)(C)[C@@H]5CC[C@]43C)[C@@H]12. The maximum atomic E-state index is 13.1. The van der Waals surface area contributed by atoms with Crippen LogP contribution in [0.25, 0.3) is 0 Å². The third-order valence-electron chi connectivity index (χ3n) is 14.3. The van der Waals surface area contributed by atoms with Crippen LogP contribution in [-0.4, -0.2) is 17.7 Å². The third-order valence-corrected chi connectivity index (χ3v) is 14.3. The Morgan fingerprint density at radius 2 is 1.65 bits per heavy atom. The first-order valence-corrected chi connectivity index (χ1v) is 16.1. The van der Waals surface area contributed by atoms with Crippen molar-refractivity contribution >= 4 is 5.97 Å². The molecule has 1 N–H and O–H groups in total. The van der Waals surface area contributed by atoms with E-state index in [1.54, 1.807) is 0 Å². The van der Waals surface area contributed by atoms with Gasteiger partial charge in [-0.25, -0.2) is 4.79 Å². The first kappa shape index (κ1) is 28.1. The number of carbonyl (C=O) groups is 1. The standard InChI is InChI=1S/C37H52O3/c1-24(2)26-15-20-37(23-40-32(39)25-11-9-8-10-12-25)22-21-35(6)27(31(26)37)13-14-29-34(5)18-17-30(38)33(3,4)28(34)16-19-36(29,35)7/h8-12,17,26-29,31,38H,1,13-16,18-23H2,2-7H3/t26-,27+,28-,29+,31+,34-,35+,36+,37+/m0/s1. The van der Waals surface area contributed by atoms with Crippen LogP contribution in [0.4, 0.5) is 0 Å². The van der Waals surface area contributed by atoms with Crippen molar-refractivity contribution in [1.82, 2.24) is 0 Å². The molecule has 0 heterocycles. The zero-order valence-electron chi connectivity index (χ0n) is 25.9. The second kappa shape index (κ2) is 9.23. The quantitative estimate of drug-likeness (QED) is 0.303. The lowest BCUT2D eigenvalue weighted by molar-refractivity contribution is -0.231. The van der Waals surface area contributed by atoms with Gasteiger partial charge in [-0.2, -0.15) is 0 Å². The van der Waals surface area contributed by atoms with Crippen molar-refractivity contribution in [1.29, 1.82) is 0 Å². The highest BCUT2D eigenvalue weighted by Gasteiger charge is 2.70. The zero-order valence-corrected chi connectivity index (χ0v) is 25.9. The zero-order chi connectivity index (χ0) is 28.7. The normalized spacial score (nSPS) is 45.2. The van der Waals surface area contributed by atoms with E-state index in [4.69, 9.17) is 4.74 Å². The van der Waals surface area contributed by atoms with Crippen LogP contribution in [0.3, 0.4) is 0 Å². The summed E-state index contributed by atoms with van der Waals surface area (Å²) in [6.45, 7) is 19.7. The number of hydrogen-bond donors (Lipinski definition) is 1. The van der Waals surface area contributed by atoms with Crippen LogP contribution < -0.4 is 0 Å². The lowest BCUT2D eigenvalue weighted by atomic mass is 9.32. The Labute approximate surface area is 242 Å². The van der Waals surface area contributed by atoms with E-state index in [0.29, 0.717) is 47.5 Å². The van der Waals surface area contributed by atoms with E-state index < -0.39 is 0 Å². The summed E-state index contributed by atoms with van der Waals surface area (Å²) in [5.41, 5.74) is 2.64. The maximum absolute atomic E-state index is 13.1. The number of rotatable bonds is 4. The van der Waals surface area contributed by atoms with Gasteiger partial charge in [0.2, 0.25) is 0 Å². The fraction of sp³-hybridized carbons (Fsp3) is 0.703. The van der Waals surface area contributed by atoms with Gasteiger partial charge in [0.05, 0.1) is 17.9 Å². The molecule has 4 fully saturated rings. The molecule has 6 rings (SSSR count). The molecule has 0 aliphatic heterocycles. The summed E-state index contributed by atoms with van der Waals surface area (Å²) in [6, 6.07) is 9.49. The number of allylic oxidation sites excluding steroid dienone is 3. The number of esters is 1. The van der Waals surface area contributed by atoms with Crippen molar-refractivity contribution in [2.45, 2.75) is 99.3 Å². The molecule has 0 bridgehead atoms. The summed E-state index contributed by atoms with van der Waals surface area (Å²) in [7, 11) is 0. The molecule has 9 atom stereocenters. The van der Waals surface area contributed by atoms with E-state index in [0.717, 1.165) is 19.3 Å². The topological polar surface area (TPSA) is 46.5 Å². The number of hydrogen-bond acceptors (Lipinski definition) is 3. The molecule has 4 saturated carbocycles. The minimum absolute atomic E-state index is 0.0594. The van der Waals surface area contributed by atoms with Crippen LogP contribution in [-0.2, 0) is 4.74 Å². The van der Waals surface area contributed by atoms with Gasteiger partial charge in [-0.15, -0.1) is 0 Å². The van der Waals surface area contributed by atoms with Crippen LogP contribution >= 0.6 is 0 Å². The molecular formula is C37H52O3. The summed E-state index contributed by atoms with van der Waals surface area (Å²) in [5, 5.41) is 10.9. The molecule has 0 saturated heterocycles. The van der Waals surface area contributed by atoms with Crippen molar-refractivity contribution in [3.63, 3.8) is 0 Å². The predicted octanol–water partition coefficient (Wildman–Crippen LogP) is 9.55. The second-order valence-electron chi connectivity index (χ2n) is 16.0. The number of carbonyl (C=O) groups excluding carboxylic acids is 1. The molecule has 0 aromatic heterocycles. The Kier molecular flexibility index (Phi) is 6.49. The molecule has 0 radical (unpaired) electrons. The Hall–Kier alpha value is -2.03. The number of benzene rings is 1. The molecule has 0 unspecified atom stereocenters. The molecule has 218 valence electrons. The lowest BCUT2D eigenvalue weighted by Gasteiger charge is -2.72. The molecule has 40 heavy (non-hydrogen) atoms.